The van der Waals surface area contributed by atoms with Crippen molar-refractivity contribution in [2.45, 2.75) is 62.7 Å². The highest BCUT2D eigenvalue weighted by Gasteiger charge is 2.50. The van der Waals surface area contributed by atoms with E-state index in [1.165, 1.54) is 25.3 Å². The normalized spacial score (nSPS) is 24.8. The Bertz CT molecular complexity index is 1490. The quantitative estimate of drug-likeness (QED) is 0.239. The van der Waals surface area contributed by atoms with Crippen molar-refractivity contribution in [3.63, 3.8) is 0 Å². The molecule has 2 aliphatic rings. The van der Waals surface area contributed by atoms with Gasteiger partial charge in [0.1, 0.15) is 18.2 Å². The molecule has 5 rings (SSSR count). The first-order chi connectivity index (χ1) is 20.5. The van der Waals surface area contributed by atoms with Crippen LogP contribution in [0.1, 0.15) is 66.9 Å². The first-order valence-electron chi connectivity index (χ1n) is 14.5. The average Bonchev–Trinajstić information content (AvgIpc) is 3.26. The first kappa shape index (κ1) is 31.2. The van der Waals surface area contributed by atoms with E-state index in [1.54, 1.807) is 0 Å². The number of benzene rings is 3. The van der Waals surface area contributed by atoms with Crippen LogP contribution in [0.4, 0.5) is 8.78 Å². The third-order valence-electron chi connectivity index (χ3n) is 8.79. The van der Waals surface area contributed by atoms with Gasteiger partial charge in [-0.1, -0.05) is 48.9 Å². The minimum absolute atomic E-state index is 0.000761. The van der Waals surface area contributed by atoms with Crippen LogP contribution in [0.5, 0.6) is 11.5 Å². The lowest BCUT2D eigenvalue weighted by atomic mass is 9.77. The summed E-state index contributed by atoms with van der Waals surface area (Å²) in [4.78, 5) is 12.6. The Hall–Kier alpha value is -3.24. The summed E-state index contributed by atoms with van der Waals surface area (Å²) >= 11 is 6.62. The van der Waals surface area contributed by atoms with Crippen molar-refractivity contribution in [2.24, 2.45) is 5.73 Å². The lowest BCUT2D eigenvalue weighted by Gasteiger charge is -2.38. The molecule has 3 aromatic carbocycles. The molecule has 3 aromatic rings. The largest absolute Gasteiger partial charge is 0.488 e. The number of methoxy groups -OCH3 is 1. The second-order valence-corrected chi connectivity index (χ2v) is 12.1. The zero-order valence-electron chi connectivity index (χ0n) is 24.5. The molecule has 0 unspecified atom stereocenters. The molecule has 4 N–H and O–H groups in total. The third kappa shape index (κ3) is 5.96. The van der Waals surface area contributed by atoms with Gasteiger partial charge in [0.05, 0.1) is 22.8 Å². The number of nitrogens with two attached hydrogens (primary N) is 1. The predicted octanol–water partition coefficient (Wildman–Crippen LogP) is 6.08. The first-order valence-corrected chi connectivity index (χ1v) is 14.8. The van der Waals surface area contributed by atoms with Gasteiger partial charge < -0.3 is 30.4 Å². The van der Waals surface area contributed by atoms with Crippen LogP contribution in [0.15, 0.2) is 48.5 Å². The van der Waals surface area contributed by atoms with Crippen LogP contribution < -0.4 is 20.5 Å². The van der Waals surface area contributed by atoms with Gasteiger partial charge in [0.25, 0.3) is 0 Å². The van der Waals surface area contributed by atoms with Crippen molar-refractivity contribution in [3.05, 3.63) is 81.9 Å². The maximum Gasteiger partial charge on any atom is 0.249 e. The van der Waals surface area contributed by atoms with Crippen molar-refractivity contribution >= 4 is 17.5 Å². The molecule has 0 radical (unpaired) electrons. The van der Waals surface area contributed by atoms with Crippen LogP contribution in [-0.2, 0) is 10.3 Å². The number of aliphatic hydroxyl groups is 1. The number of hydrogen-bond donors (Lipinski definition) is 3. The molecule has 7 nitrogen and oxygen atoms in total. The molecule has 2 atom stereocenters. The van der Waals surface area contributed by atoms with Crippen molar-refractivity contribution in [2.75, 3.05) is 26.9 Å². The van der Waals surface area contributed by atoms with Crippen LogP contribution in [0.25, 0.3) is 11.1 Å². The fraction of sp³-hybridized carbons (Fsp3) is 0.424. The number of amides is 1. The molecule has 1 aliphatic heterocycles. The van der Waals surface area contributed by atoms with Crippen molar-refractivity contribution in [1.29, 1.82) is 0 Å². The molecule has 1 heterocycles. The summed E-state index contributed by atoms with van der Waals surface area (Å²) in [7, 11) is 1.49. The summed E-state index contributed by atoms with van der Waals surface area (Å²) in [5.41, 5.74) is 4.87. The number of primary amides is 1. The highest BCUT2D eigenvalue weighted by atomic mass is 35.5. The molecule has 10 heteroatoms. The number of carbonyl (C=O) groups is 1. The topological polar surface area (TPSA) is 103 Å². The second kappa shape index (κ2) is 12.4. The van der Waals surface area contributed by atoms with Crippen LogP contribution in [0.3, 0.4) is 0 Å². The van der Waals surface area contributed by atoms with Crippen molar-refractivity contribution in [1.82, 2.24) is 5.32 Å². The zero-order valence-corrected chi connectivity index (χ0v) is 25.3. The van der Waals surface area contributed by atoms with Crippen LogP contribution in [-0.4, -0.2) is 49.5 Å². The van der Waals surface area contributed by atoms with Gasteiger partial charge in [-0.15, -0.1) is 0 Å². The number of halogens is 3. The summed E-state index contributed by atoms with van der Waals surface area (Å²) in [6, 6.07) is 13.6. The number of rotatable bonds is 10. The highest BCUT2D eigenvalue weighted by molar-refractivity contribution is 6.34. The Balaban J connectivity index is 1.63. The number of ether oxygens (including phenoxy) is 3. The smallest absolute Gasteiger partial charge is 0.249 e. The molecule has 0 bridgehead atoms. The molecule has 1 fully saturated rings. The summed E-state index contributed by atoms with van der Waals surface area (Å²) in [6.45, 7) is 4.38. The van der Waals surface area contributed by atoms with Gasteiger partial charge in [-0.25, -0.2) is 8.78 Å². The van der Waals surface area contributed by atoms with E-state index in [2.05, 4.69) is 5.32 Å². The summed E-state index contributed by atoms with van der Waals surface area (Å²) < 4.78 is 49.0. The Morgan fingerprint density at radius 1 is 1.14 bits per heavy atom. The maximum absolute atomic E-state index is 16.3. The highest BCUT2D eigenvalue weighted by Crippen LogP contribution is 2.56. The van der Waals surface area contributed by atoms with Gasteiger partial charge in [0.2, 0.25) is 5.91 Å². The minimum atomic E-state index is -1.02. The molecule has 0 aromatic heterocycles. The Morgan fingerprint density at radius 3 is 2.49 bits per heavy atom. The fourth-order valence-corrected chi connectivity index (χ4v) is 6.56. The van der Waals surface area contributed by atoms with E-state index in [0.717, 1.165) is 18.4 Å². The fourth-order valence-electron chi connectivity index (χ4n) is 6.31. The molecule has 230 valence electrons. The number of carbonyl (C=O) groups excluding carboxylic acids is 1. The van der Waals surface area contributed by atoms with Gasteiger partial charge in [-0.3, -0.25) is 4.79 Å². The minimum Gasteiger partial charge on any atom is -0.488 e. The van der Waals surface area contributed by atoms with Gasteiger partial charge in [0, 0.05) is 48.4 Å². The second-order valence-electron chi connectivity index (χ2n) is 11.7. The molecule has 0 spiro atoms. The van der Waals surface area contributed by atoms with Gasteiger partial charge in [0.15, 0.2) is 17.2 Å². The van der Waals surface area contributed by atoms with E-state index in [0.29, 0.717) is 24.9 Å². The molecular formula is C33H37ClF2N2O5. The van der Waals surface area contributed by atoms with Crippen LogP contribution in [0, 0.1) is 11.6 Å². The number of fused-ring (bicyclic) bond motifs is 1. The molecule has 1 aliphatic carbocycles. The average molecular weight is 615 g/mol. The van der Waals surface area contributed by atoms with Crippen molar-refractivity contribution in [3.8, 4) is 22.6 Å². The SMILES string of the molecule is COCCOc1ccc(C(N)=O)c(-c2c(Cl)c(F)cc3c2[C@H](C)[C@@](CNC2CCC(C)(O)CC2)(c2ccccc2)O3)c1F. The molecular weight excluding hydrogens is 578 g/mol. The van der Waals surface area contributed by atoms with E-state index in [1.807, 2.05) is 44.2 Å². The van der Waals surface area contributed by atoms with E-state index >= 15 is 8.78 Å². The van der Waals surface area contributed by atoms with E-state index in [4.69, 9.17) is 31.5 Å². The van der Waals surface area contributed by atoms with E-state index in [9.17, 15) is 9.90 Å². The van der Waals surface area contributed by atoms with Crippen LogP contribution >= 0.6 is 11.6 Å². The zero-order chi connectivity index (χ0) is 30.9. The summed E-state index contributed by atoms with van der Waals surface area (Å²) in [5, 5.41) is 13.7. The number of nitrogens with one attached hydrogen (secondary N) is 1. The number of hydrogen-bond acceptors (Lipinski definition) is 6. The Labute approximate surface area is 255 Å². The van der Waals surface area contributed by atoms with Gasteiger partial charge in [-0.2, -0.15) is 0 Å². The van der Waals surface area contributed by atoms with Crippen molar-refractivity contribution < 1.29 is 32.9 Å². The van der Waals surface area contributed by atoms with Gasteiger partial charge in [-0.05, 0) is 50.3 Å². The van der Waals surface area contributed by atoms with Gasteiger partial charge >= 0.3 is 0 Å². The molecule has 1 saturated carbocycles. The lowest BCUT2D eigenvalue weighted by Crippen LogP contribution is -2.49. The molecule has 0 saturated heterocycles. The predicted molar refractivity (Wildman–Crippen MR) is 161 cm³/mol. The summed E-state index contributed by atoms with van der Waals surface area (Å²) in [5.74, 6) is -3.05. The monoisotopic (exact) mass is 614 g/mol. The Morgan fingerprint density at radius 2 is 1.84 bits per heavy atom. The van der Waals surface area contributed by atoms with Crippen LogP contribution in [0.2, 0.25) is 5.02 Å². The Kier molecular flexibility index (Phi) is 9.00. The van der Waals surface area contributed by atoms with E-state index in [-0.39, 0.29) is 52.5 Å². The third-order valence-corrected chi connectivity index (χ3v) is 9.16. The van der Waals surface area contributed by atoms with E-state index < -0.39 is 34.7 Å². The summed E-state index contributed by atoms with van der Waals surface area (Å²) in [6.07, 6.45) is 2.91. The molecule has 1 amide bonds. The lowest BCUT2D eigenvalue weighted by molar-refractivity contribution is 0.00890. The maximum atomic E-state index is 16.3. The standard InChI is InChI=1S/C33H37ClF2N2O5/c1-19-26-25(43-33(19,20-7-5-4-6-8-20)18-38-21-11-13-32(2,40)14-12-21)17-23(35)29(34)28(26)27-22(31(37)39)9-10-24(30(27)36)42-16-15-41-3/h4-10,17,19,21,38,40H,11-16,18H2,1-3H3,(H2,37,39)/t19-,21?,32?,33-/m0/s1. The molecule has 43 heavy (non-hydrogen) atoms.